The van der Waals surface area contributed by atoms with Gasteiger partial charge in [0.25, 0.3) is 0 Å². The van der Waals surface area contributed by atoms with E-state index in [1.807, 2.05) is 4.90 Å². The van der Waals surface area contributed by atoms with Crippen molar-refractivity contribution in [2.45, 2.75) is 51.2 Å². The molecule has 1 amide bonds. The molecule has 2 N–H and O–H groups in total. The zero-order chi connectivity index (χ0) is 11.7. The summed E-state index contributed by atoms with van der Waals surface area (Å²) in [6.45, 7) is 4.96. The molecule has 1 aliphatic carbocycles. The van der Waals surface area contributed by atoms with Gasteiger partial charge in [0.05, 0.1) is 18.7 Å². The first-order valence-corrected chi connectivity index (χ1v) is 6.31. The predicted octanol–water partition coefficient (Wildman–Crippen LogP) is 0.356. The number of hydrogen-bond donors (Lipinski definition) is 2. The molecule has 1 heterocycles. The lowest BCUT2D eigenvalue weighted by Crippen LogP contribution is -2.46. The third-order valence-corrected chi connectivity index (χ3v) is 3.61. The van der Waals surface area contributed by atoms with Crippen LogP contribution < -0.4 is 5.32 Å². The van der Waals surface area contributed by atoms with Gasteiger partial charge in [-0.15, -0.1) is 0 Å². The van der Waals surface area contributed by atoms with E-state index in [0.717, 1.165) is 13.0 Å². The second kappa shape index (κ2) is 4.72. The van der Waals surface area contributed by atoms with Crippen molar-refractivity contribution in [3.05, 3.63) is 0 Å². The molecule has 92 valence electrons. The molecule has 2 rings (SSSR count). The van der Waals surface area contributed by atoms with Crippen LogP contribution in [0.15, 0.2) is 0 Å². The molecule has 2 aliphatic rings. The molecule has 0 aromatic carbocycles. The molecule has 1 aliphatic heterocycles. The van der Waals surface area contributed by atoms with E-state index in [1.54, 1.807) is 0 Å². The summed E-state index contributed by atoms with van der Waals surface area (Å²) in [5, 5.41) is 12.7. The van der Waals surface area contributed by atoms with Crippen molar-refractivity contribution in [2.75, 3.05) is 13.2 Å². The first-order valence-electron chi connectivity index (χ1n) is 6.31. The summed E-state index contributed by atoms with van der Waals surface area (Å²) in [6, 6.07) is 0.555. The standard InChI is InChI=1S/C12H22N2O2/c1-8(2)11(7-15)14-6-5-10(12(14)16)13-9-3-4-9/h8-11,13,15H,3-7H2,1-2H3/t10?,11-/m0/s1. The van der Waals surface area contributed by atoms with E-state index in [-0.39, 0.29) is 24.6 Å². The van der Waals surface area contributed by atoms with Crippen molar-refractivity contribution in [1.29, 1.82) is 0 Å². The molecule has 2 atom stereocenters. The van der Waals surface area contributed by atoms with Crippen LogP contribution in [-0.2, 0) is 4.79 Å². The van der Waals surface area contributed by atoms with Crippen LogP contribution in [0.5, 0.6) is 0 Å². The number of amides is 1. The fraction of sp³-hybridized carbons (Fsp3) is 0.917. The first kappa shape index (κ1) is 11.9. The first-order chi connectivity index (χ1) is 7.63. The van der Waals surface area contributed by atoms with Gasteiger partial charge in [-0.3, -0.25) is 4.79 Å². The summed E-state index contributed by atoms with van der Waals surface area (Å²) >= 11 is 0. The Bertz CT molecular complexity index is 264. The Morgan fingerprint density at radius 2 is 2.12 bits per heavy atom. The number of nitrogens with zero attached hydrogens (tertiary/aromatic N) is 1. The number of likely N-dealkylation sites (tertiary alicyclic amines) is 1. The number of rotatable bonds is 5. The number of nitrogens with one attached hydrogen (secondary N) is 1. The van der Waals surface area contributed by atoms with Crippen LogP contribution in [0.3, 0.4) is 0 Å². The Hall–Kier alpha value is -0.610. The van der Waals surface area contributed by atoms with Gasteiger partial charge >= 0.3 is 0 Å². The van der Waals surface area contributed by atoms with Crippen molar-refractivity contribution in [3.8, 4) is 0 Å². The fourth-order valence-electron chi connectivity index (χ4n) is 2.39. The van der Waals surface area contributed by atoms with E-state index in [2.05, 4.69) is 19.2 Å². The zero-order valence-corrected chi connectivity index (χ0v) is 10.1. The molecular formula is C12H22N2O2. The predicted molar refractivity (Wildman–Crippen MR) is 62.0 cm³/mol. The number of aliphatic hydroxyl groups is 1. The van der Waals surface area contributed by atoms with Gasteiger partial charge in [0.1, 0.15) is 0 Å². The molecule has 1 saturated carbocycles. The van der Waals surface area contributed by atoms with Crippen molar-refractivity contribution < 1.29 is 9.90 Å². The van der Waals surface area contributed by atoms with Crippen LogP contribution >= 0.6 is 0 Å². The highest BCUT2D eigenvalue weighted by molar-refractivity contribution is 5.84. The van der Waals surface area contributed by atoms with Gasteiger partial charge in [-0.1, -0.05) is 13.8 Å². The fourth-order valence-corrected chi connectivity index (χ4v) is 2.39. The van der Waals surface area contributed by atoms with Gasteiger partial charge in [0, 0.05) is 12.6 Å². The third-order valence-electron chi connectivity index (χ3n) is 3.61. The quantitative estimate of drug-likeness (QED) is 0.711. The molecule has 4 heteroatoms. The van der Waals surface area contributed by atoms with Gasteiger partial charge in [0.15, 0.2) is 0 Å². The molecule has 16 heavy (non-hydrogen) atoms. The molecule has 0 aromatic rings. The van der Waals surface area contributed by atoms with Crippen molar-refractivity contribution in [2.24, 2.45) is 5.92 Å². The van der Waals surface area contributed by atoms with Crippen molar-refractivity contribution in [1.82, 2.24) is 10.2 Å². The summed E-state index contributed by atoms with van der Waals surface area (Å²) in [6.07, 6.45) is 3.30. The van der Waals surface area contributed by atoms with E-state index in [9.17, 15) is 9.90 Å². The lowest BCUT2D eigenvalue weighted by Gasteiger charge is -2.29. The summed E-state index contributed by atoms with van der Waals surface area (Å²) in [4.78, 5) is 14.0. The average molecular weight is 226 g/mol. The number of hydrogen-bond acceptors (Lipinski definition) is 3. The van der Waals surface area contributed by atoms with Crippen molar-refractivity contribution in [3.63, 3.8) is 0 Å². The molecule has 0 radical (unpaired) electrons. The van der Waals surface area contributed by atoms with E-state index in [1.165, 1.54) is 12.8 Å². The maximum Gasteiger partial charge on any atom is 0.240 e. The van der Waals surface area contributed by atoms with E-state index >= 15 is 0 Å². The Morgan fingerprint density at radius 1 is 1.44 bits per heavy atom. The summed E-state index contributed by atoms with van der Waals surface area (Å²) in [5.74, 6) is 0.494. The number of carbonyl (C=O) groups excluding carboxylic acids is 1. The molecule has 0 aromatic heterocycles. The third kappa shape index (κ3) is 2.38. The highest BCUT2D eigenvalue weighted by Crippen LogP contribution is 2.24. The molecule has 2 fully saturated rings. The SMILES string of the molecule is CC(C)[C@H](CO)N1CCC(NC2CC2)C1=O. The zero-order valence-electron chi connectivity index (χ0n) is 10.1. The lowest BCUT2D eigenvalue weighted by atomic mass is 10.0. The van der Waals surface area contributed by atoms with Gasteiger partial charge < -0.3 is 15.3 Å². The second-order valence-electron chi connectivity index (χ2n) is 5.31. The Morgan fingerprint density at radius 3 is 2.62 bits per heavy atom. The molecule has 4 nitrogen and oxygen atoms in total. The number of carbonyl (C=O) groups is 1. The van der Waals surface area contributed by atoms with E-state index < -0.39 is 0 Å². The van der Waals surface area contributed by atoms with Crippen LogP contribution in [0.4, 0.5) is 0 Å². The maximum absolute atomic E-state index is 12.1. The maximum atomic E-state index is 12.1. The molecule has 0 spiro atoms. The van der Waals surface area contributed by atoms with Crippen LogP contribution in [0.2, 0.25) is 0 Å². The molecule has 0 bridgehead atoms. The minimum absolute atomic E-state index is 0.000278. The van der Waals surface area contributed by atoms with E-state index in [0.29, 0.717) is 12.0 Å². The topological polar surface area (TPSA) is 52.6 Å². The average Bonchev–Trinajstić information content (AvgIpc) is 2.98. The smallest absolute Gasteiger partial charge is 0.240 e. The molecule has 1 unspecified atom stereocenters. The molecule has 1 saturated heterocycles. The Balaban J connectivity index is 1.93. The Kier molecular flexibility index (Phi) is 3.50. The minimum atomic E-state index is -0.0153. The highest BCUT2D eigenvalue weighted by Gasteiger charge is 2.38. The molecular weight excluding hydrogens is 204 g/mol. The van der Waals surface area contributed by atoms with Crippen LogP contribution in [0.25, 0.3) is 0 Å². The number of aliphatic hydroxyl groups excluding tert-OH is 1. The Labute approximate surface area is 97.0 Å². The lowest BCUT2D eigenvalue weighted by molar-refractivity contribution is -0.133. The van der Waals surface area contributed by atoms with Crippen molar-refractivity contribution >= 4 is 5.91 Å². The van der Waals surface area contributed by atoms with Gasteiger partial charge in [0.2, 0.25) is 5.91 Å². The van der Waals surface area contributed by atoms with Crippen LogP contribution in [0, 0.1) is 5.92 Å². The van der Waals surface area contributed by atoms with Crippen LogP contribution in [-0.4, -0.2) is 47.2 Å². The van der Waals surface area contributed by atoms with Crippen LogP contribution in [0.1, 0.15) is 33.1 Å². The summed E-state index contributed by atoms with van der Waals surface area (Å²) < 4.78 is 0. The monoisotopic (exact) mass is 226 g/mol. The van der Waals surface area contributed by atoms with E-state index in [4.69, 9.17) is 0 Å². The largest absolute Gasteiger partial charge is 0.394 e. The summed E-state index contributed by atoms with van der Waals surface area (Å²) in [7, 11) is 0. The minimum Gasteiger partial charge on any atom is -0.394 e. The normalized spacial score (nSPS) is 27.9. The highest BCUT2D eigenvalue weighted by atomic mass is 16.3. The second-order valence-corrected chi connectivity index (χ2v) is 5.31. The van der Waals surface area contributed by atoms with Gasteiger partial charge in [-0.2, -0.15) is 0 Å². The van der Waals surface area contributed by atoms with Gasteiger partial charge in [-0.25, -0.2) is 0 Å². The van der Waals surface area contributed by atoms with Gasteiger partial charge in [-0.05, 0) is 25.2 Å². The summed E-state index contributed by atoms with van der Waals surface area (Å²) in [5.41, 5.74) is 0.